The second kappa shape index (κ2) is 5.79. The number of aromatic nitrogens is 1. The van der Waals surface area contributed by atoms with Gasteiger partial charge >= 0.3 is 0 Å². The van der Waals surface area contributed by atoms with Crippen LogP contribution in [0.5, 0.6) is 0 Å². The van der Waals surface area contributed by atoms with Crippen molar-refractivity contribution in [3.63, 3.8) is 0 Å². The van der Waals surface area contributed by atoms with Crippen LogP contribution >= 0.6 is 0 Å². The Balaban J connectivity index is 1.73. The van der Waals surface area contributed by atoms with E-state index in [9.17, 15) is 9.59 Å². The Morgan fingerprint density at radius 1 is 1.48 bits per heavy atom. The molecule has 1 unspecified atom stereocenters. The van der Waals surface area contributed by atoms with Gasteiger partial charge in [0.05, 0.1) is 23.8 Å². The average Bonchev–Trinajstić information content (AvgIpc) is 3.06. The molecule has 1 fully saturated rings. The number of nitrogens with zero attached hydrogens (tertiary/aromatic N) is 2. The number of nitrogens with one attached hydrogen (secondary N) is 2. The molecular weight excluding hydrogens is 272 g/mol. The van der Waals surface area contributed by atoms with Gasteiger partial charge in [-0.2, -0.15) is 0 Å². The Morgan fingerprint density at radius 3 is 3.05 bits per heavy atom. The molecule has 1 aromatic rings. The molecule has 3 rings (SSSR count). The number of carbonyl (C=O) groups is 2. The highest BCUT2D eigenvalue weighted by Crippen LogP contribution is 2.20. The quantitative estimate of drug-likeness (QED) is 0.519. The molecule has 21 heavy (non-hydrogen) atoms. The van der Waals surface area contributed by atoms with Crippen LogP contribution < -0.4 is 10.8 Å². The van der Waals surface area contributed by atoms with E-state index in [1.807, 2.05) is 4.90 Å². The summed E-state index contributed by atoms with van der Waals surface area (Å²) in [4.78, 5) is 29.8. The molecule has 1 aromatic heterocycles. The van der Waals surface area contributed by atoms with Gasteiger partial charge in [-0.1, -0.05) is 0 Å². The average molecular weight is 290 g/mol. The number of hydroxylamine groups is 1. The lowest BCUT2D eigenvalue weighted by molar-refractivity contribution is -0.134. The van der Waals surface area contributed by atoms with Gasteiger partial charge in [0.25, 0.3) is 5.91 Å². The maximum Gasteiger partial charge on any atom is 0.276 e. The third-order valence-electron chi connectivity index (χ3n) is 4.09. The van der Waals surface area contributed by atoms with Gasteiger partial charge in [-0.05, 0) is 37.4 Å². The van der Waals surface area contributed by atoms with Crippen molar-refractivity contribution in [2.75, 3.05) is 13.1 Å². The molecule has 0 bridgehead atoms. The van der Waals surface area contributed by atoms with E-state index in [1.54, 1.807) is 11.5 Å². The van der Waals surface area contributed by atoms with Crippen molar-refractivity contribution >= 4 is 11.8 Å². The zero-order valence-electron chi connectivity index (χ0n) is 11.6. The summed E-state index contributed by atoms with van der Waals surface area (Å²) >= 11 is 0. The van der Waals surface area contributed by atoms with Crippen LogP contribution in [0.15, 0.2) is 12.3 Å². The molecule has 3 heterocycles. The van der Waals surface area contributed by atoms with Crippen LogP contribution in [0.3, 0.4) is 0 Å². The highest BCUT2D eigenvalue weighted by atomic mass is 16.5. The third-order valence-corrected chi connectivity index (χ3v) is 4.09. The first-order valence-corrected chi connectivity index (χ1v) is 7.13. The standard InChI is InChI=1S/C14H18N4O3/c19-13(17-21)10-6-9-3-5-18(8-12(9)16-7-10)14(20)11-2-1-4-15-11/h6-7,11,15,21H,1-5,8H2,(H,17,19). The van der Waals surface area contributed by atoms with Crippen LogP contribution in [-0.2, 0) is 17.8 Å². The van der Waals surface area contributed by atoms with Crippen LogP contribution in [0.1, 0.15) is 34.5 Å². The number of hydrogen-bond acceptors (Lipinski definition) is 5. The second-order valence-electron chi connectivity index (χ2n) is 5.43. The number of fused-ring (bicyclic) bond motifs is 1. The van der Waals surface area contributed by atoms with Crippen molar-refractivity contribution in [3.8, 4) is 0 Å². The number of amides is 2. The van der Waals surface area contributed by atoms with E-state index in [-0.39, 0.29) is 11.9 Å². The van der Waals surface area contributed by atoms with Crippen molar-refractivity contribution in [1.29, 1.82) is 0 Å². The van der Waals surface area contributed by atoms with Crippen molar-refractivity contribution in [3.05, 3.63) is 29.1 Å². The van der Waals surface area contributed by atoms with Gasteiger partial charge in [-0.25, -0.2) is 5.48 Å². The molecule has 2 amide bonds. The molecule has 0 aromatic carbocycles. The Labute approximate surface area is 122 Å². The summed E-state index contributed by atoms with van der Waals surface area (Å²) < 4.78 is 0. The van der Waals surface area contributed by atoms with Gasteiger partial charge in [0, 0.05) is 12.7 Å². The Morgan fingerprint density at radius 2 is 2.33 bits per heavy atom. The van der Waals surface area contributed by atoms with E-state index in [0.29, 0.717) is 25.1 Å². The molecule has 112 valence electrons. The monoisotopic (exact) mass is 290 g/mol. The van der Waals surface area contributed by atoms with E-state index < -0.39 is 5.91 Å². The first-order chi connectivity index (χ1) is 10.2. The molecule has 0 aliphatic carbocycles. The highest BCUT2D eigenvalue weighted by molar-refractivity contribution is 5.93. The van der Waals surface area contributed by atoms with Gasteiger partial charge in [0.2, 0.25) is 5.91 Å². The Hall–Kier alpha value is -1.99. The lowest BCUT2D eigenvalue weighted by atomic mass is 10.0. The van der Waals surface area contributed by atoms with Crippen LogP contribution in [-0.4, -0.2) is 46.0 Å². The first-order valence-electron chi connectivity index (χ1n) is 7.13. The highest BCUT2D eigenvalue weighted by Gasteiger charge is 2.29. The molecular formula is C14H18N4O3. The summed E-state index contributed by atoms with van der Waals surface area (Å²) in [5.74, 6) is -0.434. The van der Waals surface area contributed by atoms with Gasteiger partial charge in [-0.15, -0.1) is 0 Å². The molecule has 7 nitrogen and oxygen atoms in total. The normalized spacial score (nSPS) is 21.0. The Bertz CT molecular complexity index is 569. The van der Waals surface area contributed by atoms with Crippen LogP contribution in [0.4, 0.5) is 0 Å². The molecule has 3 N–H and O–H groups in total. The number of pyridine rings is 1. The molecule has 7 heteroatoms. The minimum absolute atomic E-state index is 0.0639. The molecule has 1 atom stereocenters. The van der Waals surface area contributed by atoms with E-state index >= 15 is 0 Å². The van der Waals surface area contributed by atoms with Gasteiger partial charge < -0.3 is 10.2 Å². The number of carbonyl (C=O) groups excluding carboxylic acids is 2. The zero-order valence-corrected chi connectivity index (χ0v) is 11.6. The maximum absolute atomic E-state index is 12.4. The zero-order chi connectivity index (χ0) is 14.8. The number of hydrogen-bond donors (Lipinski definition) is 3. The third kappa shape index (κ3) is 2.74. The minimum atomic E-state index is -0.570. The summed E-state index contributed by atoms with van der Waals surface area (Å²) in [6.07, 6.45) is 4.03. The number of rotatable bonds is 2. The van der Waals surface area contributed by atoms with E-state index in [1.165, 1.54) is 6.20 Å². The van der Waals surface area contributed by atoms with Gasteiger partial charge in [0.1, 0.15) is 0 Å². The fraction of sp³-hybridized carbons (Fsp3) is 0.500. The van der Waals surface area contributed by atoms with Gasteiger partial charge in [-0.3, -0.25) is 19.8 Å². The van der Waals surface area contributed by atoms with Crippen molar-refractivity contribution in [2.24, 2.45) is 0 Å². The van der Waals surface area contributed by atoms with Crippen LogP contribution in [0.2, 0.25) is 0 Å². The molecule has 0 spiro atoms. The van der Waals surface area contributed by atoms with E-state index in [0.717, 1.165) is 30.6 Å². The van der Waals surface area contributed by atoms with Crippen molar-refractivity contribution in [2.45, 2.75) is 31.8 Å². The van der Waals surface area contributed by atoms with Crippen molar-refractivity contribution in [1.82, 2.24) is 20.7 Å². The lowest BCUT2D eigenvalue weighted by Crippen LogP contribution is -2.45. The second-order valence-corrected chi connectivity index (χ2v) is 5.43. The fourth-order valence-electron chi connectivity index (χ4n) is 2.91. The first kappa shape index (κ1) is 14.0. The maximum atomic E-state index is 12.4. The Kier molecular flexibility index (Phi) is 3.85. The smallest absolute Gasteiger partial charge is 0.276 e. The molecule has 2 aliphatic rings. The van der Waals surface area contributed by atoms with Crippen LogP contribution in [0.25, 0.3) is 0 Å². The van der Waals surface area contributed by atoms with Gasteiger partial charge in [0.15, 0.2) is 0 Å². The molecule has 0 radical (unpaired) electrons. The summed E-state index contributed by atoms with van der Waals surface area (Å²) in [6, 6.07) is 1.66. The van der Waals surface area contributed by atoms with E-state index in [4.69, 9.17) is 5.21 Å². The summed E-state index contributed by atoms with van der Waals surface area (Å²) in [6.45, 7) is 2.02. The molecule has 0 saturated carbocycles. The lowest BCUT2D eigenvalue weighted by Gasteiger charge is -2.30. The largest absolute Gasteiger partial charge is 0.335 e. The summed E-state index contributed by atoms with van der Waals surface area (Å²) in [5.41, 5.74) is 3.71. The predicted molar refractivity (Wildman–Crippen MR) is 73.6 cm³/mol. The summed E-state index contributed by atoms with van der Waals surface area (Å²) in [5, 5.41) is 11.9. The minimum Gasteiger partial charge on any atom is -0.335 e. The molecule has 2 aliphatic heterocycles. The SMILES string of the molecule is O=C(NO)c1cnc2c(c1)CCN(C(=O)C1CCCN1)C2. The van der Waals surface area contributed by atoms with Crippen molar-refractivity contribution < 1.29 is 14.8 Å². The summed E-state index contributed by atoms with van der Waals surface area (Å²) in [7, 11) is 0. The topological polar surface area (TPSA) is 94.6 Å². The van der Waals surface area contributed by atoms with E-state index in [2.05, 4.69) is 10.3 Å². The molecule has 1 saturated heterocycles. The van der Waals surface area contributed by atoms with Crippen LogP contribution in [0, 0.1) is 0 Å². The predicted octanol–water partition coefficient (Wildman–Crippen LogP) is -0.163. The fourth-order valence-corrected chi connectivity index (χ4v) is 2.91.